The molecular formula is C24H35N5O8. The quantitative estimate of drug-likeness (QED) is 0.139. The number of carbonyl (C=O) groups excluding carboxylic acids is 4. The molecule has 204 valence electrons. The number of hydrogen-bond acceptors (Lipinski definition) is 7. The van der Waals surface area contributed by atoms with Crippen LogP contribution in [-0.2, 0) is 35.2 Å². The largest absolute Gasteiger partial charge is 0.481 e. The number of carboxylic acid groups (broad SMARTS) is 2. The van der Waals surface area contributed by atoms with Crippen LogP contribution in [0.2, 0.25) is 0 Å². The van der Waals surface area contributed by atoms with Crippen LogP contribution in [0.15, 0.2) is 30.3 Å². The van der Waals surface area contributed by atoms with Gasteiger partial charge >= 0.3 is 11.9 Å². The molecule has 1 rings (SSSR count). The molecule has 4 atom stereocenters. The molecule has 0 heterocycles. The molecule has 9 N–H and O–H groups in total. The Hall–Kier alpha value is -4.00. The number of rotatable bonds is 16. The third kappa shape index (κ3) is 12.0. The average Bonchev–Trinajstić information content (AvgIpc) is 2.80. The van der Waals surface area contributed by atoms with Gasteiger partial charge in [0.25, 0.3) is 0 Å². The second-order valence-corrected chi connectivity index (χ2v) is 9.05. The molecule has 0 aromatic heterocycles. The molecule has 13 nitrogen and oxygen atoms in total. The minimum atomic E-state index is -1.40. The van der Waals surface area contributed by atoms with Gasteiger partial charge in [0.05, 0.1) is 12.5 Å². The van der Waals surface area contributed by atoms with Crippen molar-refractivity contribution in [2.75, 3.05) is 0 Å². The van der Waals surface area contributed by atoms with Crippen LogP contribution in [0.25, 0.3) is 0 Å². The molecule has 0 fully saturated rings. The van der Waals surface area contributed by atoms with E-state index < -0.39 is 72.6 Å². The predicted octanol–water partition coefficient (Wildman–Crippen LogP) is -1.12. The lowest BCUT2D eigenvalue weighted by molar-refractivity contribution is -0.143. The molecule has 0 saturated carbocycles. The molecule has 0 spiro atoms. The maximum atomic E-state index is 13.2. The first-order chi connectivity index (χ1) is 17.3. The summed E-state index contributed by atoms with van der Waals surface area (Å²) in [5.74, 6) is -5.92. The van der Waals surface area contributed by atoms with E-state index in [0.717, 1.165) is 0 Å². The monoisotopic (exact) mass is 521 g/mol. The van der Waals surface area contributed by atoms with E-state index in [9.17, 15) is 33.9 Å². The van der Waals surface area contributed by atoms with Gasteiger partial charge in [-0.3, -0.25) is 24.0 Å². The van der Waals surface area contributed by atoms with Gasteiger partial charge in [-0.25, -0.2) is 4.79 Å². The van der Waals surface area contributed by atoms with Crippen molar-refractivity contribution in [2.45, 2.75) is 70.1 Å². The summed E-state index contributed by atoms with van der Waals surface area (Å²) in [6.45, 7) is 3.54. The van der Waals surface area contributed by atoms with Gasteiger partial charge in [-0.1, -0.05) is 44.2 Å². The van der Waals surface area contributed by atoms with Gasteiger partial charge in [0.2, 0.25) is 23.6 Å². The van der Waals surface area contributed by atoms with E-state index in [1.807, 2.05) is 0 Å². The van der Waals surface area contributed by atoms with Crippen LogP contribution in [0.5, 0.6) is 0 Å². The van der Waals surface area contributed by atoms with Gasteiger partial charge in [0, 0.05) is 12.8 Å². The Labute approximate surface area is 214 Å². The Morgan fingerprint density at radius 3 is 1.89 bits per heavy atom. The summed E-state index contributed by atoms with van der Waals surface area (Å²) in [6.07, 6.45) is -1.17. The summed E-state index contributed by atoms with van der Waals surface area (Å²) >= 11 is 0. The van der Waals surface area contributed by atoms with E-state index in [4.69, 9.17) is 16.6 Å². The summed E-state index contributed by atoms with van der Waals surface area (Å²) in [5.41, 5.74) is 11.4. The molecule has 1 aromatic carbocycles. The summed E-state index contributed by atoms with van der Waals surface area (Å²) in [6, 6.07) is 3.38. The summed E-state index contributed by atoms with van der Waals surface area (Å²) in [7, 11) is 0. The highest BCUT2D eigenvalue weighted by Gasteiger charge is 2.31. The van der Waals surface area contributed by atoms with E-state index in [1.165, 1.54) is 0 Å². The van der Waals surface area contributed by atoms with Gasteiger partial charge in [-0.15, -0.1) is 0 Å². The first-order valence-corrected chi connectivity index (χ1v) is 11.7. The summed E-state index contributed by atoms with van der Waals surface area (Å²) in [4.78, 5) is 72.4. The molecule has 0 aliphatic rings. The highest BCUT2D eigenvalue weighted by Crippen LogP contribution is 2.09. The topological polar surface area (TPSA) is 231 Å². The van der Waals surface area contributed by atoms with Gasteiger partial charge < -0.3 is 37.6 Å². The number of carbonyl (C=O) groups is 6. The minimum absolute atomic E-state index is 0.0138. The first-order valence-electron chi connectivity index (χ1n) is 11.7. The molecule has 0 radical (unpaired) electrons. The van der Waals surface area contributed by atoms with Crippen LogP contribution in [-0.4, -0.2) is 69.9 Å². The van der Waals surface area contributed by atoms with Crippen LogP contribution in [0.1, 0.15) is 45.1 Å². The second-order valence-electron chi connectivity index (χ2n) is 9.05. The predicted molar refractivity (Wildman–Crippen MR) is 132 cm³/mol. The zero-order valence-electron chi connectivity index (χ0n) is 20.8. The number of carboxylic acids is 2. The molecule has 0 aliphatic carbocycles. The summed E-state index contributed by atoms with van der Waals surface area (Å²) < 4.78 is 0. The molecule has 0 bridgehead atoms. The van der Waals surface area contributed by atoms with Crippen molar-refractivity contribution < 1.29 is 39.0 Å². The number of nitrogens with one attached hydrogen (secondary N) is 3. The van der Waals surface area contributed by atoms with Gasteiger partial charge in [0.15, 0.2) is 0 Å². The summed E-state index contributed by atoms with van der Waals surface area (Å²) in [5, 5.41) is 25.7. The number of nitrogens with two attached hydrogens (primary N) is 2. The molecular weight excluding hydrogens is 486 g/mol. The lowest BCUT2D eigenvalue weighted by Crippen LogP contribution is -2.58. The molecule has 37 heavy (non-hydrogen) atoms. The zero-order valence-corrected chi connectivity index (χ0v) is 20.8. The number of hydrogen-bond donors (Lipinski definition) is 7. The van der Waals surface area contributed by atoms with Crippen LogP contribution in [0.3, 0.4) is 0 Å². The zero-order chi connectivity index (χ0) is 28.1. The van der Waals surface area contributed by atoms with Crippen LogP contribution in [0, 0.1) is 5.92 Å². The fourth-order valence-electron chi connectivity index (χ4n) is 3.42. The van der Waals surface area contributed by atoms with E-state index in [1.54, 1.807) is 44.2 Å². The van der Waals surface area contributed by atoms with Gasteiger partial charge in [-0.05, 0) is 24.3 Å². The normalized spacial score (nSPS) is 14.1. The Bertz CT molecular complexity index is 969. The number of primary amides is 1. The molecule has 13 heteroatoms. The molecule has 0 aliphatic heterocycles. The van der Waals surface area contributed by atoms with E-state index in [0.29, 0.717) is 5.56 Å². The lowest BCUT2D eigenvalue weighted by Gasteiger charge is -2.25. The van der Waals surface area contributed by atoms with Crippen molar-refractivity contribution in [1.29, 1.82) is 0 Å². The van der Waals surface area contributed by atoms with Crippen molar-refractivity contribution >= 4 is 35.6 Å². The SMILES string of the molecule is CC(C)CC(NC(=O)C(CCC(=O)O)NC(=O)C(Cc1ccccc1)NC(=O)C(N)CC(N)=O)C(=O)O. The Kier molecular flexibility index (Phi) is 12.7. The number of aliphatic carboxylic acids is 2. The van der Waals surface area contributed by atoms with Crippen molar-refractivity contribution in [1.82, 2.24) is 16.0 Å². The number of amides is 4. The van der Waals surface area contributed by atoms with Gasteiger partial charge in [0.1, 0.15) is 18.1 Å². The third-order valence-corrected chi connectivity index (χ3v) is 5.28. The Balaban J connectivity index is 3.14. The van der Waals surface area contributed by atoms with Crippen molar-refractivity contribution in [3.8, 4) is 0 Å². The van der Waals surface area contributed by atoms with Crippen molar-refractivity contribution in [3.63, 3.8) is 0 Å². The molecule has 1 aromatic rings. The van der Waals surface area contributed by atoms with Crippen molar-refractivity contribution in [2.24, 2.45) is 17.4 Å². The van der Waals surface area contributed by atoms with E-state index in [2.05, 4.69) is 16.0 Å². The highest BCUT2D eigenvalue weighted by atomic mass is 16.4. The maximum Gasteiger partial charge on any atom is 0.326 e. The fraction of sp³-hybridized carbons (Fsp3) is 0.500. The molecule has 4 unspecified atom stereocenters. The average molecular weight is 522 g/mol. The van der Waals surface area contributed by atoms with E-state index in [-0.39, 0.29) is 25.2 Å². The first kappa shape index (κ1) is 31.0. The Morgan fingerprint density at radius 1 is 0.838 bits per heavy atom. The smallest absolute Gasteiger partial charge is 0.326 e. The fourth-order valence-corrected chi connectivity index (χ4v) is 3.42. The molecule has 0 saturated heterocycles. The minimum Gasteiger partial charge on any atom is -0.481 e. The highest BCUT2D eigenvalue weighted by molar-refractivity contribution is 5.95. The van der Waals surface area contributed by atoms with E-state index >= 15 is 0 Å². The standard InChI is InChI=1S/C24H35N5O8/c1-13(2)10-18(24(36)37)29-22(34)16(8-9-20(31)32)27-23(35)17(11-14-6-4-3-5-7-14)28-21(33)15(25)12-19(26)30/h3-7,13,15-18H,8-12,25H2,1-2H3,(H2,26,30)(H,27,35)(H,28,33)(H,29,34)(H,31,32)(H,36,37). The third-order valence-electron chi connectivity index (χ3n) is 5.28. The van der Waals surface area contributed by atoms with Gasteiger partial charge in [-0.2, -0.15) is 0 Å². The Morgan fingerprint density at radius 2 is 1.38 bits per heavy atom. The second kappa shape index (κ2) is 15.2. The maximum absolute atomic E-state index is 13.2. The molecule has 4 amide bonds. The van der Waals surface area contributed by atoms with Crippen LogP contribution in [0.4, 0.5) is 0 Å². The number of benzene rings is 1. The van der Waals surface area contributed by atoms with Crippen LogP contribution < -0.4 is 27.4 Å². The van der Waals surface area contributed by atoms with Crippen LogP contribution >= 0.6 is 0 Å². The van der Waals surface area contributed by atoms with Crippen molar-refractivity contribution in [3.05, 3.63) is 35.9 Å². The lowest BCUT2D eigenvalue weighted by atomic mass is 10.0.